The Hall–Kier alpha value is -3.01. The third-order valence-corrected chi connectivity index (χ3v) is 6.00. The largest absolute Gasteiger partial charge is 0.482 e. The van der Waals surface area contributed by atoms with Crippen molar-refractivity contribution in [3.05, 3.63) is 65.2 Å². The number of thioether (sulfide) groups is 1. The SMILES string of the molecule is CC(C)c1ccccc1OC(C)c1nnc(SCC(=O)Nc2ccc(F)c(F)c2F)n1C(C)C. The number of carbonyl (C=O) groups is 1. The molecule has 3 rings (SSSR count). The molecule has 34 heavy (non-hydrogen) atoms. The zero-order valence-corrected chi connectivity index (χ0v) is 20.4. The maximum absolute atomic E-state index is 13.8. The van der Waals surface area contributed by atoms with Gasteiger partial charge in [0, 0.05) is 6.04 Å². The van der Waals surface area contributed by atoms with Crippen molar-refractivity contribution in [1.82, 2.24) is 14.8 Å². The number of anilines is 1. The summed E-state index contributed by atoms with van der Waals surface area (Å²) in [4.78, 5) is 12.3. The van der Waals surface area contributed by atoms with Crippen molar-refractivity contribution in [2.75, 3.05) is 11.1 Å². The van der Waals surface area contributed by atoms with E-state index < -0.39 is 35.2 Å². The van der Waals surface area contributed by atoms with Crippen LogP contribution in [0.1, 0.15) is 64.1 Å². The van der Waals surface area contributed by atoms with Gasteiger partial charge in [-0.15, -0.1) is 10.2 Å². The Morgan fingerprint density at radius 1 is 1.03 bits per heavy atom. The van der Waals surface area contributed by atoms with Crippen LogP contribution in [0.5, 0.6) is 5.75 Å². The summed E-state index contributed by atoms with van der Waals surface area (Å²) < 4.78 is 48.4. The van der Waals surface area contributed by atoms with E-state index in [9.17, 15) is 18.0 Å². The van der Waals surface area contributed by atoms with Gasteiger partial charge in [-0.25, -0.2) is 13.2 Å². The molecule has 0 spiro atoms. The molecule has 0 fully saturated rings. The molecule has 182 valence electrons. The monoisotopic (exact) mass is 492 g/mol. The van der Waals surface area contributed by atoms with E-state index in [1.165, 1.54) is 0 Å². The number of nitrogens with zero attached hydrogens (tertiary/aromatic N) is 3. The Morgan fingerprint density at radius 2 is 1.74 bits per heavy atom. The molecule has 0 radical (unpaired) electrons. The minimum Gasteiger partial charge on any atom is -0.482 e. The van der Waals surface area contributed by atoms with Gasteiger partial charge in [-0.2, -0.15) is 0 Å². The van der Waals surface area contributed by atoms with E-state index in [0.717, 1.165) is 35.2 Å². The number of para-hydroxylation sites is 1. The lowest BCUT2D eigenvalue weighted by molar-refractivity contribution is -0.113. The molecule has 10 heteroatoms. The number of nitrogens with one attached hydrogen (secondary N) is 1. The number of rotatable bonds is 9. The molecule has 0 aliphatic rings. The number of hydrogen-bond acceptors (Lipinski definition) is 5. The molecule has 1 aromatic heterocycles. The number of ether oxygens (including phenoxy) is 1. The first kappa shape index (κ1) is 25.6. The maximum Gasteiger partial charge on any atom is 0.234 e. The second-order valence-electron chi connectivity index (χ2n) is 8.32. The Bertz CT molecular complexity index is 1170. The van der Waals surface area contributed by atoms with E-state index in [0.29, 0.717) is 11.0 Å². The van der Waals surface area contributed by atoms with Gasteiger partial charge in [0.15, 0.2) is 34.5 Å². The van der Waals surface area contributed by atoms with E-state index in [1.807, 2.05) is 49.6 Å². The van der Waals surface area contributed by atoms with Crippen molar-refractivity contribution in [3.63, 3.8) is 0 Å². The zero-order chi connectivity index (χ0) is 25.0. The van der Waals surface area contributed by atoms with Gasteiger partial charge in [0.25, 0.3) is 0 Å². The van der Waals surface area contributed by atoms with Crippen LogP contribution < -0.4 is 10.1 Å². The third-order valence-electron chi connectivity index (χ3n) is 5.06. The smallest absolute Gasteiger partial charge is 0.234 e. The van der Waals surface area contributed by atoms with Crippen LogP contribution in [-0.2, 0) is 4.79 Å². The van der Waals surface area contributed by atoms with Crippen LogP contribution in [-0.4, -0.2) is 26.4 Å². The summed E-state index contributed by atoms with van der Waals surface area (Å²) in [5.41, 5.74) is 0.655. The highest BCUT2D eigenvalue weighted by atomic mass is 32.2. The number of benzene rings is 2. The van der Waals surface area contributed by atoms with Gasteiger partial charge in [-0.05, 0) is 50.5 Å². The van der Waals surface area contributed by atoms with Gasteiger partial charge in [-0.1, -0.05) is 43.8 Å². The zero-order valence-electron chi connectivity index (χ0n) is 19.6. The lowest BCUT2D eigenvalue weighted by Crippen LogP contribution is -2.17. The Balaban J connectivity index is 1.73. The molecule has 6 nitrogen and oxygen atoms in total. The summed E-state index contributed by atoms with van der Waals surface area (Å²) in [7, 11) is 0. The van der Waals surface area contributed by atoms with Gasteiger partial charge < -0.3 is 14.6 Å². The summed E-state index contributed by atoms with van der Waals surface area (Å²) in [5.74, 6) is -3.47. The molecule has 1 amide bonds. The van der Waals surface area contributed by atoms with Gasteiger partial charge >= 0.3 is 0 Å². The Morgan fingerprint density at radius 3 is 2.41 bits per heavy atom. The van der Waals surface area contributed by atoms with Crippen molar-refractivity contribution in [1.29, 1.82) is 0 Å². The standard InChI is InChI=1S/C24H27F3N4O2S/c1-13(2)16-8-6-7-9-19(16)33-15(5)23-29-30-24(31(23)14(3)4)34-12-20(32)28-18-11-10-17(25)21(26)22(18)27/h6-11,13-15H,12H2,1-5H3,(H,28,32). The molecular weight excluding hydrogens is 465 g/mol. The first-order valence-corrected chi connectivity index (χ1v) is 11.8. The van der Waals surface area contributed by atoms with Gasteiger partial charge in [0.2, 0.25) is 5.91 Å². The molecule has 0 aliphatic heterocycles. The molecular formula is C24H27F3N4O2S. The van der Waals surface area contributed by atoms with Crippen LogP contribution in [0.4, 0.5) is 18.9 Å². The Kier molecular flexibility index (Phi) is 8.24. The molecule has 1 heterocycles. The molecule has 2 aromatic carbocycles. The predicted molar refractivity (Wildman–Crippen MR) is 126 cm³/mol. The molecule has 1 unspecified atom stereocenters. The normalized spacial score (nSPS) is 12.3. The second kappa shape index (κ2) is 10.9. The maximum atomic E-state index is 13.8. The van der Waals surface area contributed by atoms with E-state index in [2.05, 4.69) is 29.4 Å². The van der Waals surface area contributed by atoms with Crippen LogP contribution >= 0.6 is 11.8 Å². The summed E-state index contributed by atoms with van der Waals surface area (Å²) in [5, 5.41) is 11.2. The van der Waals surface area contributed by atoms with Crippen LogP contribution in [0.15, 0.2) is 41.6 Å². The minimum absolute atomic E-state index is 0.0226. The summed E-state index contributed by atoms with van der Waals surface area (Å²) >= 11 is 1.10. The highest BCUT2D eigenvalue weighted by Crippen LogP contribution is 2.32. The van der Waals surface area contributed by atoms with E-state index in [4.69, 9.17) is 4.74 Å². The van der Waals surface area contributed by atoms with Crippen molar-refractivity contribution < 1.29 is 22.7 Å². The first-order chi connectivity index (χ1) is 16.1. The number of hydrogen-bond donors (Lipinski definition) is 1. The van der Waals surface area contributed by atoms with E-state index in [-0.39, 0.29) is 17.7 Å². The van der Waals surface area contributed by atoms with Crippen molar-refractivity contribution in [3.8, 4) is 5.75 Å². The van der Waals surface area contributed by atoms with Crippen molar-refractivity contribution in [2.45, 2.75) is 57.8 Å². The van der Waals surface area contributed by atoms with Gasteiger partial charge in [0.1, 0.15) is 5.75 Å². The molecule has 0 bridgehead atoms. The number of aromatic nitrogens is 3. The molecule has 0 saturated carbocycles. The molecule has 3 aromatic rings. The minimum atomic E-state index is -1.64. The van der Waals surface area contributed by atoms with Crippen LogP contribution in [0.3, 0.4) is 0 Å². The number of amides is 1. The van der Waals surface area contributed by atoms with Gasteiger partial charge in [-0.3, -0.25) is 4.79 Å². The van der Waals surface area contributed by atoms with Gasteiger partial charge in [0.05, 0.1) is 11.4 Å². The summed E-state index contributed by atoms with van der Waals surface area (Å²) in [6.45, 7) is 9.99. The third kappa shape index (κ3) is 5.72. The van der Waals surface area contributed by atoms with Crippen LogP contribution in [0.2, 0.25) is 0 Å². The van der Waals surface area contributed by atoms with E-state index >= 15 is 0 Å². The lowest BCUT2D eigenvalue weighted by atomic mass is 10.0. The number of carbonyl (C=O) groups excluding carboxylic acids is 1. The fraction of sp³-hybridized carbons (Fsp3) is 0.375. The van der Waals surface area contributed by atoms with Crippen LogP contribution in [0.25, 0.3) is 0 Å². The average Bonchev–Trinajstić information content (AvgIpc) is 3.23. The fourth-order valence-corrected chi connectivity index (χ4v) is 4.27. The second-order valence-corrected chi connectivity index (χ2v) is 9.26. The number of halogens is 3. The molecule has 0 aliphatic carbocycles. The molecule has 0 saturated heterocycles. The molecule has 1 atom stereocenters. The van der Waals surface area contributed by atoms with Crippen molar-refractivity contribution in [2.24, 2.45) is 0 Å². The highest BCUT2D eigenvalue weighted by Gasteiger charge is 2.23. The van der Waals surface area contributed by atoms with E-state index in [1.54, 1.807) is 0 Å². The summed E-state index contributed by atoms with van der Waals surface area (Å²) in [6, 6.07) is 9.52. The first-order valence-electron chi connectivity index (χ1n) is 10.9. The Labute approximate surface area is 200 Å². The predicted octanol–water partition coefficient (Wildman–Crippen LogP) is 6.27. The van der Waals surface area contributed by atoms with Crippen LogP contribution in [0, 0.1) is 17.5 Å². The average molecular weight is 493 g/mol. The molecule has 1 N–H and O–H groups in total. The lowest BCUT2D eigenvalue weighted by Gasteiger charge is -2.21. The quantitative estimate of drug-likeness (QED) is 0.282. The fourth-order valence-electron chi connectivity index (χ4n) is 3.40. The topological polar surface area (TPSA) is 69.0 Å². The highest BCUT2D eigenvalue weighted by molar-refractivity contribution is 7.99. The van der Waals surface area contributed by atoms with Crippen molar-refractivity contribution >= 4 is 23.4 Å². The summed E-state index contributed by atoms with van der Waals surface area (Å²) in [6.07, 6.45) is -0.408.